The van der Waals surface area contributed by atoms with Crippen LogP contribution in [0.4, 0.5) is 4.79 Å². The summed E-state index contributed by atoms with van der Waals surface area (Å²) in [6.45, 7) is 19.9. The Bertz CT molecular complexity index is 736. The summed E-state index contributed by atoms with van der Waals surface area (Å²) in [5.74, 6) is 0.119. The van der Waals surface area contributed by atoms with Crippen molar-refractivity contribution in [1.82, 2.24) is 4.90 Å². The van der Waals surface area contributed by atoms with E-state index in [-0.39, 0.29) is 30.4 Å². The molecule has 0 radical (unpaired) electrons. The number of methoxy groups -OCH3 is 1. The number of hydrogen-bond acceptors (Lipinski definition) is 5. The van der Waals surface area contributed by atoms with E-state index in [1.165, 1.54) is 7.11 Å². The predicted molar refractivity (Wildman–Crippen MR) is 135 cm³/mol. The molecule has 2 rings (SSSR count). The van der Waals surface area contributed by atoms with Crippen molar-refractivity contribution in [3.05, 3.63) is 23.3 Å². The van der Waals surface area contributed by atoms with Gasteiger partial charge < -0.3 is 13.9 Å². The van der Waals surface area contributed by atoms with Gasteiger partial charge in [-0.15, -0.1) is 0 Å². The molecule has 3 atom stereocenters. The molecule has 0 saturated carbocycles. The van der Waals surface area contributed by atoms with Crippen LogP contribution in [-0.4, -0.2) is 58.2 Å². The van der Waals surface area contributed by atoms with Gasteiger partial charge in [0.15, 0.2) is 8.32 Å². The van der Waals surface area contributed by atoms with E-state index in [1.807, 2.05) is 0 Å². The first-order valence-electron chi connectivity index (χ1n) is 12.5. The lowest BCUT2D eigenvalue weighted by Gasteiger charge is -2.42. The molecule has 2 saturated heterocycles. The number of carbonyl (C=O) groups excluding carboxylic acids is 2. The van der Waals surface area contributed by atoms with Crippen LogP contribution < -0.4 is 0 Å². The number of amides is 1. The molecule has 0 N–H and O–H groups in total. The van der Waals surface area contributed by atoms with Crippen molar-refractivity contribution in [2.24, 2.45) is 11.8 Å². The molecule has 6 nitrogen and oxygen atoms in total. The molecule has 0 unspecified atom stereocenters. The number of fused-ring (bicyclic) bond motifs is 1. The van der Waals surface area contributed by atoms with Crippen molar-refractivity contribution in [3.8, 4) is 0 Å². The zero-order valence-corrected chi connectivity index (χ0v) is 23.1. The molecule has 0 aliphatic carbocycles. The second-order valence-electron chi connectivity index (χ2n) is 10.7. The van der Waals surface area contributed by atoms with Crippen molar-refractivity contribution < 1.29 is 23.5 Å². The quantitative estimate of drug-likeness (QED) is 0.265. The predicted octanol–water partition coefficient (Wildman–Crippen LogP) is 6.09. The Hall–Kier alpha value is -1.60. The topological polar surface area (TPSA) is 65.1 Å². The molecule has 7 heteroatoms. The molecule has 0 aromatic heterocycles. The number of esters is 1. The smallest absolute Gasteiger partial charge is 0.410 e. The van der Waals surface area contributed by atoms with Gasteiger partial charge in [0.1, 0.15) is 6.61 Å². The fourth-order valence-corrected chi connectivity index (χ4v) is 11.5. The largest absolute Gasteiger partial charge is 0.469 e. The maximum Gasteiger partial charge on any atom is 0.410 e. The molecule has 2 heterocycles. The Balaban J connectivity index is 2.05. The maximum atomic E-state index is 12.1. The van der Waals surface area contributed by atoms with Gasteiger partial charge in [0.2, 0.25) is 0 Å². The lowest BCUT2D eigenvalue weighted by molar-refractivity contribution is -0.141. The van der Waals surface area contributed by atoms with Crippen LogP contribution in [0.15, 0.2) is 23.3 Å². The minimum atomic E-state index is -1.85. The first kappa shape index (κ1) is 27.6. The summed E-state index contributed by atoms with van der Waals surface area (Å²) >= 11 is 0. The van der Waals surface area contributed by atoms with Gasteiger partial charge in [-0.25, -0.2) is 4.79 Å². The number of ether oxygens (including phenoxy) is 2. The normalized spacial score (nSPS) is 23.6. The second-order valence-corrected chi connectivity index (χ2v) is 16.2. The molecule has 2 aliphatic heterocycles. The molecular formula is C26H45NO5Si. The SMILES string of the molecule is COC(=O)C[C@H]1/C(=C(C)\C=C\C[C@@H](C)CO[Si](C(C)C)(C(C)C)C(C)C)CN2C(=O)OC[C@H]12. The molecule has 33 heavy (non-hydrogen) atoms. The highest BCUT2D eigenvalue weighted by Gasteiger charge is 2.47. The lowest BCUT2D eigenvalue weighted by atomic mass is 9.89. The molecule has 0 bridgehead atoms. The summed E-state index contributed by atoms with van der Waals surface area (Å²) in [5.41, 5.74) is 4.01. The van der Waals surface area contributed by atoms with Gasteiger partial charge in [-0.3, -0.25) is 9.69 Å². The van der Waals surface area contributed by atoms with E-state index in [0.29, 0.717) is 35.7 Å². The van der Waals surface area contributed by atoms with Crippen molar-refractivity contribution in [2.45, 2.75) is 90.9 Å². The third-order valence-electron chi connectivity index (χ3n) is 7.62. The van der Waals surface area contributed by atoms with Crippen molar-refractivity contribution in [2.75, 3.05) is 26.9 Å². The van der Waals surface area contributed by atoms with E-state index in [1.54, 1.807) is 4.90 Å². The van der Waals surface area contributed by atoms with Gasteiger partial charge in [-0.2, -0.15) is 0 Å². The Labute approximate surface area is 201 Å². The van der Waals surface area contributed by atoms with E-state index < -0.39 is 8.32 Å². The fraction of sp³-hybridized carbons (Fsp3) is 0.769. The third-order valence-corrected chi connectivity index (χ3v) is 13.7. The number of cyclic esters (lactones) is 1. The van der Waals surface area contributed by atoms with Gasteiger partial charge in [0.05, 0.1) is 19.6 Å². The Morgan fingerprint density at radius 3 is 2.30 bits per heavy atom. The molecule has 188 valence electrons. The maximum absolute atomic E-state index is 12.1. The highest BCUT2D eigenvalue weighted by atomic mass is 28.4. The van der Waals surface area contributed by atoms with Crippen LogP contribution >= 0.6 is 0 Å². The second kappa shape index (κ2) is 11.7. The number of hydrogen-bond donors (Lipinski definition) is 0. The van der Waals surface area contributed by atoms with E-state index >= 15 is 0 Å². The number of allylic oxidation sites excluding steroid dienone is 3. The zero-order valence-electron chi connectivity index (χ0n) is 22.1. The van der Waals surface area contributed by atoms with Crippen molar-refractivity contribution >= 4 is 20.4 Å². The molecule has 0 aromatic carbocycles. The van der Waals surface area contributed by atoms with Crippen LogP contribution in [0.3, 0.4) is 0 Å². The Kier molecular flexibility index (Phi) is 9.79. The summed E-state index contributed by atoms with van der Waals surface area (Å²) < 4.78 is 16.8. The van der Waals surface area contributed by atoms with Crippen LogP contribution in [0.2, 0.25) is 16.6 Å². The van der Waals surface area contributed by atoms with Crippen LogP contribution in [-0.2, 0) is 18.7 Å². The van der Waals surface area contributed by atoms with Crippen LogP contribution in [0.25, 0.3) is 0 Å². The summed E-state index contributed by atoms with van der Waals surface area (Å²) in [6, 6.07) is -0.0801. The van der Waals surface area contributed by atoms with Crippen LogP contribution in [0.5, 0.6) is 0 Å². The van der Waals surface area contributed by atoms with Crippen molar-refractivity contribution in [3.63, 3.8) is 0 Å². The number of carbonyl (C=O) groups is 2. The summed E-state index contributed by atoms with van der Waals surface area (Å²) in [5, 5.41) is 0. The summed E-state index contributed by atoms with van der Waals surface area (Å²) in [7, 11) is -0.444. The van der Waals surface area contributed by atoms with E-state index in [9.17, 15) is 9.59 Å². The van der Waals surface area contributed by atoms with Crippen LogP contribution in [0, 0.1) is 11.8 Å². The first-order chi connectivity index (χ1) is 15.4. The van der Waals surface area contributed by atoms with Gasteiger partial charge in [-0.1, -0.05) is 66.2 Å². The number of nitrogens with zero attached hydrogens (tertiary/aromatic N) is 1. The minimum Gasteiger partial charge on any atom is -0.469 e. The van der Waals surface area contributed by atoms with E-state index in [0.717, 1.165) is 24.2 Å². The Morgan fingerprint density at radius 2 is 1.76 bits per heavy atom. The minimum absolute atomic E-state index is 0.0518. The highest BCUT2D eigenvalue weighted by Crippen LogP contribution is 2.42. The summed E-state index contributed by atoms with van der Waals surface area (Å²) in [4.78, 5) is 25.8. The summed E-state index contributed by atoms with van der Waals surface area (Å²) in [6.07, 6.45) is 5.25. The fourth-order valence-electron chi connectivity index (χ4n) is 5.89. The third kappa shape index (κ3) is 6.10. The van der Waals surface area contributed by atoms with E-state index in [4.69, 9.17) is 13.9 Å². The van der Waals surface area contributed by atoms with Crippen molar-refractivity contribution in [1.29, 1.82) is 0 Å². The average molecular weight is 480 g/mol. The van der Waals surface area contributed by atoms with Gasteiger partial charge in [0, 0.05) is 19.1 Å². The number of rotatable bonds is 11. The monoisotopic (exact) mass is 479 g/mol. The van der Waals surface area contributed by atoms with Gasteiger partial charge in [-0.05, 0) is 41.5 Å². The van der Waals surface area contributed by atoms with E-state index in [2.05, 4.69) is 67.5 Å². The molecule has 1 amide bonds. The van der Waals surface area contributed by atoms with Gasteiger partial charge in [0.25, 0.3) is 0 Å². The molecule has 2 aliphatic rings. The average Bonchev–Trinajstić information content (AvgIpc) is 3.27. The lowest BCUT2D eigenvalue weighted by Crippen LogP contribution is -2.48. The van der Waals surface area contributed by atoms with Crippen LogP contribution in [0.1, 0.15) is 68.2 Å². The molecular weight excluding hydrogens is 434 g/mol. The molecule has 0 aromatic rings. The first-order valence-corrected chi connectivity index (χ1v) is 14.6. The Morgan fingerprint density at radius 1 is 1.15 bits per heavy atom. The highest BCUT2D eigenvalue weighted by molar-refractivity contribution is 6.77. The molecule has 2 fully saturated rings. The van der Waals surface area contributed by atoms with Gasteiger partial charge >= 0.3 is 12.1 Å². The standard InChI is InChI=1S/C26H45NO5Si/c1-17(2)33(18(3)4,19(5)6)32-15-20(7)11-10-12-21(8)23-14-27-24(16-31-26(27)29)22(23)13-25(28)30-9/h10,12,17-20,22,24H,11,13-16H2,1-9H3/b12-10+,23-21-/t20-,22+,24-/m1/s1. The zero-order chi connectivity index (χ0) is 24.9. The molecule has 0 spiro atoms.